The summed E-state index contributed by atoms with van der Waals surface area (Å²) in [7, 11) is 0. The van der Waals surface area contributed by atoms with Crippen molar-refractivity contribution in [2.45, 2.75) is 50.9 Å². The van der Waals surface area contributed by atoms with Gasteiger partial charge in [-0.15, -0.1) is 0 Å². The molecule has 4 heteroatoms. The Morgan fingerprint density at radius 1 is 1.33 bits per heavy atom. The molecule has 2 fully saturated rings. The van der Waals surface area contributed by atoms with Gasteiger partial charge in [-0.3, -0.25) is 0 Å². The molecule has 0 atom stereocenters. The van der Waals surface area contributed by atoms with Crippen LogP contribution in [0.3, 0.4) is 0 Å². The van der Waals surface area contributed by atoms with E-state index < -0.39 is 0 Å². The predicted molar refractivity (Wildman–Crippen MR) is 78.7 cm³/mol. The SMILES string of the molecule is CCc1c(I)ccn1C1CCC2(CC1)OCCO2. The second kappa shape index (κ2) is 5.13. The molecular formula is C14H20INO2. The van der Waals surface area contributed by atoms with Gasteiger partial charge in [0.1, 0.15) is 0 Å². The molecule has 1 aromatic heterocycles. The summed E-state index contributed by atoms with van der Waals surface area (Å²) in [5.74, 6) is -0.233. The first kappa shape index (κ1) is 12.9. The molecule has 1 aliphatic heterocycles. The fourth-order valence-corrected chi connectivity index (χ4v) is 4.08. The fraction of sp³-hybridized carbons (Fsp3) is 0.714. The van der Waals surface area contributed by atoms with Gasteiger partial charge in [0.2, 0.25) is 0 Å². The van der Waals surface area contributed by atoms with Crippen LogP contribution in [-0.4, -0.2) is 23.6 Å². The van der Waals surface area contributed by atoms with Crippen molar-refractivity contribution in [1.29, 1.82) is 0 Å². The van der Waals surface area contributed by atoms with E-state index in [4.69, 9.17) is 9.47 Å². The van der Waals surface area contributed by atoms with Crippen molar-refractivity contribution < 1.29 is 9.47 Å². The van der Waals surface area contributed by atoms with Crippen molar-refractivity contribution in [2.24, 2.45) is 0 Å². The Balaban J connectivity index is 1.72. The van der Waals surface area contributed by atoms with Crippen LogP contribution in [0, 0.1) is 3.57 Å². The van der Waals surface area contributed by atoms with Gasteiger partial charge in [0.15, 0.2) is 5.79 Å². The Labute approximate surface area is 122 Å². The highest BCUT2D eigenvalue weighted by molar-refractivity contribution is 14.1. The van der Waals surface area contributed by atoms with Gasteiger partial charge in [-0.25, -0.2) is 0 Å². The van der Waals surface area contributed by atoms with Gasteiger partial charge in [-0.2, -0.15) is 0 Å². The lowest BCUT2D eigenvalue weighted by atomic mass is 9.89. The first-order chi connectivity index (χ1) is 8.74. The summed E-state index contributed by atoms with van der Waals surface area (Å²) in [6.07, 6.45) is 7.76. The molecule has 0 bridgehead atoms. The van der Waals surface area contributed by atoms with Gasteiger partial charge < -0.3 is 14.0 Å². The number of hydrogen-bond acceptors (Lipinski definition) is 2. The van der Waals surface area contributed by atoms with E-state index in [2.05, 4.69) is 46.3 Å². The number of halogens is 1. The Kier molecular flexibility index (Phi) is 3.69. The zero-order chi connectivity index (χ0) is 12.6. The molecule has 3 nitrogen and oxygen atoms in total. The minimum Gasteiger partial charge on any atom is -0.348 e. The third-order valence-corrected chi connectivity index (χ3v) is 5.21. The molecule has 1 saturated carbocycles. The highest BCUT2D eigenvalue weighted by Crippen LogP contribution is 2.41. The van der Waals surface area contributed by atoms with Crippen LogP contribution < -0.4 is 0 Å². The molecule has 0 N–H and O–H groups in total. The minimum absolute atomic E-state index is 0.233. The van der Waals surface area contributed by atoms with Crippen molar-refractivity contribution in [3.8, 4) is 0 Å². The molecule has 1 spiro atoms. The van der Waals surface area contributed by atoms with Gasteiger partial charge in [-0.05, 0) is 47.9 Å². The molecule has 3 rings (SSSR count). The molecule has 1 aliphatic carbocycles. The number of rotatable bonds is 2. The molecule has 1 saturated heterocycles. The second-order valence-corrected chi connectivity index (χ2v) is 6.37. The van der Waals surface area contributed by atoms with Crippen LogP contribution in [0.25, 0.3) is 0 Å². The average molecular weight is 361 g/mol. The molecular weight excluding hydrogens is 341 g/mol. The standard InChI is InChI=1S/C14H20INO2/c1-2-13-12(15)5-8-16(13)11-3-6-14(7-4-11)17-9-10-18-14/h5,8,11H,2-4,6-7,9-10H2,1H3. The zero-order valence-corrected chi connectivity index (χ0v) is 13.0. The van der Waals surface area contributed by atoms with E-state index in [1.165, 1.54) is 9.26 Å². The van der Waals surface area contributed by atoms with E-state index in [9.17, 15) is 0 Å². The van der Waals surface area contributed by atoms with E-state index in [0.29, 0.717) is 6.04 Å². The molecule has 0 unspecified atom stereocenters. The van der Waals surface area contributed by atoms with E-state index in [1.54, 1.807) is 0 Å². The van der Waals surface area contributed by atoms with Gasteiger partial charge in [0, 0.05) is 34.3 Å². The Morgan fingerprint density at radius 3 is 2.61 bits per heavy atom. The second-order valence-electron chi connectivity index (χ2n) is 5.21. The van der Waals surface area contributed by atoms with Crippen LogP contribution in [0.15, 0.2) is 12.3 Å². The summed E-state index contributed by atoms with van der Waals surface area (Å²) in [5, 5.41) is 0. The van der Waals surface area contributed by atoms with Crippen LogP contribution in [0.1, 0.15) is 44.3 Å². The van der Waals surface area contributed by atoms with Crippen molar-refractivity contribution >= 4 is 22.6 Å². The largest absolute Gasteiger partial charge is 0.348 e. The van der Waals surface area contributed by atoms with Crippen LogP contribution in [0.2, 0.25) is 0 Å². The summed E-state index contributed by atoms with van der Waals surface area (Å²) in [6, 6.07) is 2.86. The average Bonchev–Trinajstić information content (AvgIpc) is 2.98. The van der Waals surface area contributed by atoms with Crippen LogP contribution in [0.5, 0.6) is 0 Å². The number of hydrogen-bond donors (Lipinski definition) is 0. The summed E-state index contributed by atoms with van der Waals surface area (Å²) in [5.41, 5.74) is 1.48. The van der Waals surface area contributed by atoms with Crippen LogP contribution in [0.4, 0.5) is 0 Å². The summed E-state index contributed by atoms with van der Waals surface area (Å²) < 4.78 is 15.5. The first-order valence-corrected chi connectivity index (χ1v) is 7.95. The normalized spacial score (nSPS) is 23.9. The maximum atomic E-state index is 5.79. The summed E-state index contributed by atoms with van der Waals surface area (Å²) in [4.78, 5) is 0. The third-order valence-electron chi connectivity index (χ3n) is 4.23. The summed E-state index contributed by atoms with van der Waals surface area (Å²) in [6.45, 7) is 3.78. The maximum Gasteiger partial charge on any atom is 0.168 e. The number of nitrogens with zero attached hydrogens (tertiary/aromatic N) is 1. The van der Waals surface area contributed by atoms with Crippen LogP contribution in [-0.2, 0) is 15.9 Å². The lowest BCUT2D eigenvalue weighted by molar-refractivity contribution is -0.181. The molecule has 0 amide bonds. The molecule has 1 aromatic rings. The van der Waals surface area contributed by atoms with E-state index in [1.807, 2.05) is 0 Å². The van der Waals surface area contributed by atoms with Crippen molar-refractivity contribution in [2.75, 3.05) is 13.2 Å². The minimum atomic E-state index is -0.233. The lowest BCUT2D eigenvalue weighted by Crippen LogP contribution is -2.36. The van der Waals surface area contributed by atoms with Gasteiger partial charge in [0.25, 0.3) is 0 Å². The number of ether oxygens (including phenoxy) is 2. The molecule has 2 aliphatic rings. The van der Waals surface area contributed by atoms with E-state index in [-0.39, 0.29) is 5.79 Å². The van der Waals surface area contributed by atoms with Crippen LogP contribution >= 0.6 is 22.6 Å². The molecule has 0 radical (unpaired) electrons. The molecule has 100 valence electrons. The lowest BCUT2D eigenvalue weighted by Gasteiger charge is -2.36. The highest BCUT2D eigenvalue weighted by Gasteiger charge is 2.40. The molecule has 18 heavy (non-hydrogen) atoms. The van der Waals surface area contributed by atoms with Gasteiger partial charge in [0.05, 0.1) is 13.2 Å². The number of aromatic nitrogens is 1. The van der Waals surface area contributed by atoms with E-state index >= 15 is 0 Å². The van der Waals surface area contributed by atoms with Crippen molar-refractivity contribution in [3.63, 3.8) is 0 Å². The highest BCUT2D eigenvalue weighted by atomic mass is 127. The predicted octanol–water partition coefficient (Wildman–Crippen LogP) is 3.51. The zero-order valence-electron chi connectivity index (χ0n) is 10.8. The third kappa shape index (κ3) is 2.23. The fourth-order valence-electron chi connectivity index (χ4n) is 3.26. The van der Waals surface area contributed by atoms with Crippen molar-refractivity contribution in [1.82, 2.24) is 4.57 Å². The molecule has 0 aromatic carbocycles. The Bertz CT molecular complexity index is 413. The molecule has 2 heterocycles. The first-order valence-electron chi connectivity index (χ1n) is 6.87. The van der Waals surface area contributed by atoms with E-state index in [0.717, 1.165) is 45.3 Å². The van der Waals surface area contributed by atoms with Gasteiger partial charge >= 0.3 is 0 Å². The monoisotopic (exact) mass is 361 g/mol. The smallest absolute Gasteiger partial charge is 0.168 e. The quantitative estimate of drug-likeness (QED) is 0.753. The maximum absolute atomic E-state index is 5.79. The Hall–Kier alpha value is -0.0700. The van der Waals surface area contributed by atoms with Crippen molar-refractivity contribution in [3.05, 3.63) is 21.5 Å². The Morgan fingerprint density at radius 2 is 2.00 bits per heavy atom. The topological polar surface area (TPSA) is 23.4 Å². The summed E-state index contributed by atoms with van der Waals surface area (Å²) >= 11 is 2.44. The van der Waals surface area contributed by atoms with Gasteiger partial charge in [-0.1, -0.05) is 6.92 Å².